The minimum absolute atomic E-state index is 0.00592. The van der Waals surface area contributed by atoms with Crippen molar-refractivity contribution in [2.75, 3.05) is 32.6 Å². The van der Waals surface area contributed by atoms with Gasteiger partial charge in [-0.25, -0.2) is 0 Å². The molecule has 1 aromatic rings. The Morgan fingerprint density at radius 1 is 1.35 bits per heavy atom. The van der Waals surface area contributed by atoms with Gasteiger partial charge in [0.1, 0.15) is 11.3 Å². The van der Waals surface area contributed by atoms with E-state index < -0.39 is 5.54 Å². The quantitative estimate of drug-likeness (QED) is 0.721. The minimum Gasteiger partial charge on any atom is -0.495 e. The van der Waals surface area contributed by atoms with Gasteiger partial charge in [-0.3, -0.25) is 14.5 Å². The topological polar surface area (TPSA) is 94.5 Å². The van der Waals surface area contributed by atoms with Gasteiger partial charge in [0.2, 0.25) is 11.8 Å². The summed E-state index contributed by atoms with van der Waals surface area (Å²) in [5.41, 5.74) is -0.492. The zero-order valence-electron chi connectivity index (χ0n) is 15.7. The number of amides is 2. The average molecular weight is 381 g/mol. The molecule has 1 atom stereocenters. The second kappa shape index (κ2) is 9.41. The molecule has 0 aliphatic heterocycles. The summed E-state index contributed by atoms with van der Waals surface area (Å²) in [6.07, 6.45) is 0. The highest BCUT2D eigenvalue weighted by Crippen LogP contribution is 2.27. The van der Waals surface area contributed by atoms with Crippen LogP contribution in [-0.4, -0.2) is 49.5 Å². The Morgan fingerprint density at radius 3 is 2.50 bits per heavy atom. The number of nitriles is 1. The third-order valence-electron chi connectivity index (χ3n) is 4.05. The largest absolute Gasteiger partial charge is 0.495 e. The smallest absolute Gasteiger partial charge is 0.238 e. The Bertz CT molecular complexity index is 702. The van der Waals surface area contributed by atoms with Crippen LogP contribution in [0.2, 0.25) is 5.02 Å². The summed E-state index contributed by atoms with van der Waals surface area (Å²) in [7, 11) is 3.14. The SMILES string of the molecule is COc1ccc(Cl)cc1NC(=O)CN(C)CC(=O)N[C@](C)(C#N)C(C)C. The van der Waals surface area contributed by atoms with Crippen LogP contribution in [0.3, 0.4) is 0 Å². The molecule has 0 spiro atoms. The maximum Gasteiger partial charge on any atom is 0.238 e. The fraction of sp³-hybridized carbons (Fsp3) is 0.500. The second-order valence-corrected chi connectivity index (χ2v) is 7.02. The first-order chi connectivity index (χ1) is 12.1. The molecule has 142 valence electrons. The van der Waals surface area contributed by atoms with Gasteiger partial charge in [0.25, 0.3) is 0 Å². The van der Waals surface area contributed by atoms with Crippen LogP contribution in [0.5, 0.6) is 5.75 Å². The number of hydrogen-bond acceptors (Lipinski definition) is 5. The highest BCUT2D eigenvalue weighted by molar-refractivity contribution is 6.31. The standard InChI is InChI=1S/C18H25ClN4O3/c1-12(2)18(3,11-20)22-17(25)10-23(4)9-16(24)21-14-8-13(19)6-7-15(14)26-5/h6-8,12H,9-10H2,1-5H3,(H,21,24)(H,22,25)/t18-/m1/s1. The molecule has 1 rings (SSSR count). The van der Waals surface area contributed by atoms with Gasteiger partial charge in [-0.1, -0.05) is 25.4 Å². The van der Waals surface area contributed by atoms with Crippen LogP contribution in [0, 0.1) is 17.2 Å². The monoisotopic (exact) mass is 380 g/mol. The Morgan fingerprint density at radius 2 is 1.96 bits per heavy atom. The number of nitrogens with one attached hydrogen (secondary N) is 2. The molecule has 0 heterocycles. The number of likely N-dealkylation sites (N-methyl/N-ethyl adjacent to an activating group) is 1. The molecule has 0 aliphatic carbocycles. The molecule has 1 aromatic carbocycles. The summed E-state index contributed by atoms with van der Waals surface area (Å²) in [5, 5.41) is 15.1. The van der Waals surface area contributed by atoms with Gasteiger partial charge in [-0.05, 0) is 38.1 Å². The zero-order chi connectivity index (χ0) is 19.9. The van der Waals surface area contributed by atoms with Crippen LogP contribution < -0.4 is 15.4 Å². The first-order valence-corrected chi connectivity index (χ1v) is 8.53. The van der Waals surface area contributed by atoms with Crippen LogP contribution >= 0.6 is 11.6 Å². The molecular weight excluding hydrogens is 356 g/mol. The molecular formula is C18H25ClN4O3. The molecule has 7 nitrogen and oxygen atoms in total. The van der Waals surface area contributed by atoms with E-state index >= 15 is 0 Å². The fourth-order valence-electron chi connectivity index (χ4n) is 2.14. The lowest BCUT2D eigenvalue weighted by Crippen LogP contribution is -2.51. The van der Waals surface area contributed by atoms with E-state index in [1.807, 2.05) is 13.8 Å². The van der Waals surface area contributed by atoms with Gasteiger partial charge in [0, 0.05) is 5.02 Å². The minimum atomic E-state index is -0.950. The lowest BCUT2D eigenvalue weighted by atomic mass is 9.90. The van der Waals surface area contributed by atoms with E-state index in [4.69, 9.17) is 16.3 Å². The molecule has 2 amide bonds. The summed E-state index contributed by atoms with van der Waals surface area (Å²) in [6.45, 7) is 5.38. The van der Waals surface area contributed by atoms with Crippen LogP contribution in [-0.2, 0) is 9.59 Å². The molecule has 26 heavy (non-hydrogen) atoms. The Balaban J connectivity index is 2.61. The van der Waals surface area contributed by atoms with Crippen molar-refractivity contribution in [2.45, 2.75) is 26.3 Å². The van der Waals surface area contributed by atoms with Crippen molar-refractivity contribution >= 4 is 29.1 Å². The molecule has 0 unspecified atom stereocenters. The molecule has 0 saturated carbocycles. The average Bonchev–Trinajstić information content (AvgIpc) is 2.54. The van der Waals surface area contributed by atoms with Gasteiger partial charge in [0.15, 0.2) is 0 Å². The number of carbonyl (C=O) groups excluding carboxylic acids is 2. The third kappa shape index (κ3) is 6.21. The van der Waals surface area contributed by atoms with Crippen molar-refractivity contribution in [3.05, 3.63) is 23.2 Å². The second-order valence-electron chi connectivity index (χ2n) is 6.58. The Hall–Kier alpha value is -2.30. The van der Waals surface area contributed by atoms with Crippen molar-refractivity contribution in [3.63, 3.8) is 0 Å². The lowest BCUT2D eigenvalue weighted by Gasteiger charge is -2.28. The highest BCUT2D eigenvalue weighted by atomic mass is 35.5. The van der Waals surface area contributed by atoms with Gasteiger partial charge in [0.05, 0.1) is 32.0 Å². The number of rotatable bonds is 8. The first kappa shape index (κ1) is 21.7. The van der Waals surface area contributed by atoms with Crippen molar-refractivity contribution < 1.29 is 14.3 Å². The van der Waals surface area contributed by atoms with E-state index in [2.05, 4.69) is 16.7 Å². The van der Waals surface area contributed by atoms with E-state index in [0.717, 1.165) is 0 Å². The number of benzene rings is 1. The predicted molar refractivity (Wildman–Crippen MR) is 101 cm³/mol. The van der Waals surface area contributed by atoms with Crippen molar-refractivity contribution in [3.8, 4) is 11.8 Å². The molecule has 0 radical (unpaired) electrons. The summed E-state index contributed by atoms with van der Waals surface area (Å²) in [4.78, 5) is 25.9. The van der Waals surface area contributed by atoms with E-state index in [9.17, 15) is 14.9 Å². The number of carbonyl (C=O) groups is 2. The van der Waals surface area contributed by atoms with Crippen LogP contribution in [0.4, 0.5) is 5.69 Å². The number of anilines is 1. The third-order valence-corrected chi connectivity index (χ3v) is 4.28. The number of halogens is 1. The predicted octanol–water partition coefficient (Wildman–Crippen LogP) is 2.27. The molecule has 0 aromatic heterocycles. The molecule has 2 N–H and O–H groups in total. The van der Waals surface area contributed by atoms with Gasteiger partial charge >= 0.3 is 0 Å². The molecule has 0 aliphatic rings. The molecule has 0 bridgehead atoms. The molecule has 8 heteroatoms. The molecule has 0 fully saturated rings. The summed E-state index contributed by atoms with van der Waals surface area (Å²) in [5.74, 6) is -0.184. The van der Waals surface area contributed by atoms with Gasteiger partial charge in [-0.2, -0.15) is 5.26 Å². The van der Waals surface area contributed by atoms with Crippen LogP contribution in [0.25, 0.3) is 0 Å². The number of hydrogen-bond donors (Lipinski definition) is 2. The molecule has 0 saturated heterocycles. The maximum absolute atomic E-state index is 12.2. The maximum atomic E-state index is 12.2. The van der Waals surface area contributed by atoms with E-state index in [1.54, 1.807) is 37.1 Å². The van der Waals surface area contributed by atoms with Gasteiger partial charge in [-0.15, -0.1) is 0 Å². The lowest BCUT2D eigenvalue weighted by molar-refractivity contribution is -0.124. The van der Waals surface area contributed by atoms with Crippen molar-refractivity contribution in [1.29, 1.82) is 5.26 Å². The normalized spacial score (nSPS) is 13.0. The summed E-state index contributed by atoms with van der Waals surface area (Å²) in [6, 6.07) is 7.02. The number of nitrogens with zero attached hydrogens (tertiary/aromatic N) is 2. The summed E-state index contributed by atoms with van der Waals surface area (Å²) < 4.78 is 5.18. The number of methoxy groups -OCH3 is 1. The van der Waals surface area contributed by atoms with Crippen molar-refractivity contribution in [2.24, 2.45) is 5.92 Å². The van der Waals surface area contributed by atoms with Crippen LogP contribution in [0.15, 0.2) is 18.2 Å². The van der Waals surface area contributed by atoms with E-state index in [1.165, 1.54) is 7.11 Å². The number of ether oxygens (including phenoxy) is 1. The highest BCUT2D eigenvalue weighted by Gasteiger charge is 2.30. The van der Waals surface area contributed by atoms with E-state index in [0.29, 0.717) is 16.5 Å². The fourth-order valence-corrected chi connectivity index (χ4v) is 2.32. The van der Waals surface area contributed by atoms with E-state index in [-0.39, 0.29) is 30.8 Å². The first-order valence-electron chi connectivity index (χ1n) is 8.15. The zero-order valence-corrected chi connectivity index (χ0v) is 16.5. The van der Waals surface area contributed by atoms with Crippen LogP contribution in [0.1, 0.15) is 20.8 Å². The Kier molecular flexibility index (Phi) is 7.87. The Labute approximate surface area is 159 Å². The summed E-state index contributed by atoms with van der Waals surface area (Å²) >= 11 is 5.94. The van der Waals surface area contributed by atoms with Crippen molar-refractivity contribution in [1.82, 2.24) is 10.2 Å². The van der Waals surface area contributed by atoms with Gasteiger partial charge < -0.3 is 15.4 Å².